The quantitative estimate of drug-likeness (QED) is 0.782. The second-order valence-electron chi connectivity index (χ2n) is 4.47. The molecule has 1 fully saturated rings. The molecule has 1 aliphatic carbocycles. The third-order valence-electron chi connectivity index (χ3n) is 3.17. The molecule has 1 aliphatic heterocycles. The minimum atomic E-state index is -0.584. The Morgan fingerprint density at radius 1 is 1.24 bits per heavy atom. The van der Waals surface area contributed by atoms with Gasteiger partial charge in [0.1, 0.15) is 0 Å². The Labute approximate surface area is 98.9 Å². The number of carbonyl (C=O) groups excluding carboxylic acids is 1. The highest BCUT2D eigenvalue weighted by atomic mass is 16.7. The first kappa shape index (κ1) is 10.3. The second kappa shape index (κ2) is 3.55. The fourth-order valence-corrected chi connectivity index (χ4v) is 2.43. The smallest absolute Gasteiger partial charge is 0.316 e. The van der Waals surface area contributed by atoms with Gasteiger partial charge in [-0.1, -0.05) is 0 Å². The average molecular weight is 234 g/mol. The predicted octanol–water partition coefficient (Wildman–Crippen LogP) is 2.22. The van der Waals surface area contributed by atoms with Crippen LogP contribution in [0.15, 0.2) is 18.2 Å². The fourth-order valence-electron chi connectivity index (χ4n) is 2.43. The van der Waals surface area contributed by atoms with Crippen molar-refractivity contribution in [3.63, 3.8) is 0 Å². The molecule has 5 nitrogen and oxygen atoms in total. The maximum Gasteiger partial charge on any atom is 0.316 e. The molecule has 0 radical (unpaired) electrons. The summed E-state index contributed by atoms with van der Waals surface area (Å²) in [6, 6.07) is 4.71. The lowest BCUT2D eigenvalue weighted by atomic mass is 10.2. The largest absolute Gasteiger partial charge is 0.448 e. The number of amides is 2. The van der Waals surface area contributed by atoms with E-state index >= 15 is 0 Å². The molecule has 1 heterocycles. The monoisotopic (exact) mass is 234 g/mol. The van der Waals surface area contributed by atoms with Gasteiger partial charge >= 0.3 is 6.03 Å². The Balaban J connectivity index is 1.85. The zero-order valence-electron chi connectivity index (χ0n) is 9.36. The number of primary amides is 1. The van der Waals surface area contributed by atoms with Crippen molar-refractivity contribution in [2.75, 3.05) is 5.32 Å². The van der Waals surface area contributed by atoms with Crippen molar-refractivity contribution in [3.05, 3.63) is 18.2 Å². The Kier molecular flexibility index (Phi) is 2.14. The first-order chi connectivity index (χ1) is 8.17. The van der Waals surface area contributed by atoms with Crippen LogP contribution in [0.2, 0.25) is 0 Å². The van der Waals surface area contributed by atoms with E-state index in [0.29, 0.717) is 11.4 Å². The summed E-state index contributed by atoms with van der Waals surface area (Å²) in [4.78, 5) is 10.8. The van der Waals surface area contributed by atoms with Crippen molar-refractivity contribution >= 4 is 11.7 Å². The van der Waals surface area contributed by atoms with Gasteiger partial charge in [-0.15, -0.1) is 0 Å². The SMILES string of the molecule is NC(=O)Nc1ccc2c(c1)OC1(CCCC1)O2. The van der Waals surface area contributed by atoms with Crippen molar-refractivity contribution in [1.82, 2.24) is 0 Å². The molecule has 1 aromatic carbocycles. The summed E-state index contributed by atoms with van der Waals surface area (Å²) < 4.78 is 11.7. The highest BCUT2D eigenvalue weighted by molar-refractivity contribution is 5.88. The molecule has 17 heavy (non-hydrogen) atoms. The number of hydrogen-bond acceptors (Lipinski definition) is 3. The molecule has 0 atom stereocenters. The summed E-state index contributed by atoms with van der Waals surface area (Å²) >= 11 is 0. The predicted molar refractivity (Wildman–Crippen MR) is 62.1 cm³/mol. The third kappa shape index (κ3) is 1.77. The maximum absolute atomic E-state index is 10.8. The van der Waals surface area contributed by atoms with E-state index in [1.54, 1.807) is 18.2 Å². The number of nitrogens with one attached hydrogen (secondary N) is 1. The molecular weight excluding hydrogens is 220 g/mol. The van der Waals surface area contributed by atoms with Gasteiger partial charge < -0.3 is 20.5 Å². The molecule has 1 saturated carbocycles. The first-order valence-electron chi connectivity index (χ1n) is 5.75. The Morgan fingerprint density at radius 3 is 2.65 bits per heavy atom. The molecule has 3 rings (SSSR count). The minimum Gasteiger partial charge on any atom is -0.448 e. The summed E-state index contributed by atoms with van der Waals surface area (Å²) in [7, 11) is 0. The standard InChI is InChI=1S/C12H14N2O3/c13-11(15)14-8-3-4-9-10(7-8)17-12(16-9)5-1-2-6-12/h3-4,7H,1-2,5-6H2,(H3,13,14,15). The molecule has 0 unspecified atom stereocenters. The van der Waals surface area contributed by atoms with Crippen LogP contribution in [0.5, 0.6) is 11.5 Å². The lowest BCUT2D eigenvalue weighted by Gasteiger charge is -2.21. The molecule has 2 aliphatic rings. The van der Waals surface area contributed by atoms with Gasteiger partial charge in [-0.05, 0) is 25.0 Å². The van der Waals surface area contributed by atoms with E-state index in [0.717, 1.165) is 31.4 Å². The number of urea groups is 1. The van der Waals surface area contributed by atoms with Gasteiger partial charge in [0, 0.05) is 24.6 Å². The van der Waals surface area contributed by atoms with Crippen LogP contribution in [0, 0.1) is 0 Å². The van der Waals surface area contributed by atoms with Crippen molar-refractivity contribution in [2.24, 2.45) is 5.73 Å². The topological polar surface area (TPSA) is 73.6 Å². The van der Waals surface area contributed by atoms with Gasteiger partial charge in [0.25, 0.3) is 5.79 Å². The van der Waals surface area contributed by atoms with E-state index in [9.17, 15) is 4.79 Å². The van der Waals surface area contributed by atoms with Crippen LogP contribution in [0.25, 0.3) is 0 Å². The number of fused-ring (bicyclic) bond motifs is 1. The van der Waals surface area contributed by atoms with Gasteiger partial charge in [0.15, 0.2) is 11.5 Å². The van der Waals surface area contributed by atoms with Gasteiger partial charge in [-0.2, -0.15) is 0 Å². The summed E-state index contributed by atoms with van der Waals surface area (Å²) in [5.74, 6) is 0.952. The van der Waals surface area contributed by atoms with Gasteiger partial charge in [-0.3, -0.25) is 0 Å². The Hall–Kier alpha value is -1.91. The van der Waals surface area contributed by atoms with Crippen LogP contribution in [0.3, 0.4) is 0 Å². The number of ether oxygens (including phenoxy) is 2. The number of hydrogen-bond donors (Lipinski definition) is 2. The molecule has 90 valence electrons. The first-order valence-corrected chi connectivity index (χ1v) is 5.75. The van der Waals surface area contributed by atoms with Crippen molar-refractivity contribution in [2.45, 2.75) is 31.5 Å². The lowest BCUT2D eigenvalue weighted by Crippen LogP contribution is -2.34. The van der Waals surface area contributed by atoms with Crippen LogP contribution in [-0.4, -0.2) is 11.8 Å². The molecule has 2 amide bonds. The summed E-state index contributed by atoms with van der Waals surface area (Å²) in [5, 5.41) is 2.52. The normalized spacial score (nSPS) is 19.5. The molecule has 3 N–H and O–H groups in total. The average Bonchev–Trinajstić information content (AvgIpc) is 2.84. The summed E-state index contributed by atoms with van der Waals surface area (Å²) in [5.41, 5.74) is 5.68. The van der Waals surface area contributed by atoms with E-state index in [2.05, 4.69) is 5.32 Å². The van der Waals surface area contributed by atoms with Gasteiger partial charge in [0.2, 0.25) is 0 Å². The van der Waals surface area contributed by atoms with E-state index < -0.39 is 11.8 Å². The highest BCUT2D eigenvalue weighted by Gasteiger charge is 2.44. The second-order valence-corrected chi connectivity index (χ2v) is 4.47. The van der Waals surface area contributed by atoms with Crippen LogP contribution in [0.4, 0.5) is 10.5 Å². The molecular formula is C12H14N2O3. The van der Waals surface area contributed by atoms with E-state index in [1.807, 2.05) is 0 Å². The van der Waals surface area contributed by atoms with Crippen LogP contribution in [-0.2, 0) is 0 Å². The molecule has 1 spiro atoms. The maximum atomic E-state index is 10.8. The zero-order chi connectivity index (χ0) is 11.9. The number of nitrogens with two attached hydrogens (primary N) is 1. The van der Waals surface area contributed by atoms with Crippen molar-refractivity contribution in [3.8, 4) is 11.5 Å². The van der Waals surface area contributed by atoms with Crippen LogP contribution < -0.4 is 20.5 Å². The lowest BCUT2D eigenvalue weighted by molar-refractivity contribution is -0.0716. The van der Waals surface area contributed by atoms with E-state index in [1.165, 1.54) is 0 Å². The van der Waals surface area contributed by atoms with Crippen molar-refractivity contribution < 1.29 is 14.3 Å². The number of benzene rings is 1. The van der Waals surface area contributed by atoms with Gasteiger partial charge in [0.05, 0.1) is 0 Å². The van der Waals surface area contributed by atoms with Crippen molar-refractivity contribution in [1.29, 1.82) is 0 Å². The molecule has 0 aromatic heterocycles. The minimum absolute atomic E-state index is 0.465. The Morgan fingerprint density at radius 2 is 1.94 bits per heavy atom. The van der Waals surface area contributed by atoms with Crippen LogP contribution in [0.1, 0.15) is 25.7 Å². The number of rotatable bonds is 1. The highest BCUT2D eigenvalue weighted by Crippen LogP contribution is 2.47. The fraction of sp³-hybridized carbons (Fsp3) is 0.417. The third-order valence-corrected chi connectivity index (χ3v) is 3.17. The summed E-state index contributed by atoms with van der Waals surface area (Å²) in [6.45, 7) is 0. The number of anilines is 1. The molecule has 0 bridgehead atoms. The van der Waals surface area contributed by atoms with Crippen LogP contribution >= 0.6 is 0 Å². The molecule has 1 aromatic rings. The summed E-state index contributed by atoms with van der Waals surface area (Å²) in [6.07, 6.45) is 4.08. The van der Waals surface area contributed by atoms with E-state index in [-0.39, 0.29) is 0 Å². The Bertz CT molecular complexity index is 467. The van der Waals surface area contributed by atoms with Gasteiger partial charge in [-0.25, -0.2) is 4.79 Å². The molecule has 0 saturated heterocycles. The number of carbonyl (C=O) groups is 1. The zero-order valence-corrected chi connectivity index (χ0v) is 9.36. The molecule has 5 heteroatoms. The van der Waals surface area contributed by atoms with E-state index in [4.69, 9.17) is 15.2 Å².